The molecule has 2 aliphatic rings. The SMILES string of the molecule is CN(C)c1cc[n+](S(=O)(=O)NC(=O)OC(C)(C)C)cc1.Cc1cc2ncc(C#N)c(N3CCCN(C(=O)CCN)CC3)c2cc1C.Cc1cc2ncc(C#N)c(N3CCCN(C(=O)CCNS(C)(=O)=O)CC3)c2cc1C.Cl.[Cl-]. The van der Waals surface area contributed by atoms with Gasteiger partial charge < -0.3 is 47.4 Å². The Hall–Kier alpha value is -6.60. The Morgan fingerprint density at radius 2 is 1.17 bits per heavy atom. The average molecular weight is 1160 g/mol. The molecule has 2 fully saturated rings. The number of aryl methyl sites for hydroxylation is 4. The van der Waals surface area contributed by atoms with Gasteiger partial charge in [-0.1, -0.05) is 3.97 Å². The molecule has 7 rings (SSSR count). The van der Waals surface area contributed by atoms with E-state index in [0.29, 0.717) is 56.8 Å². The molecule has 2 aliphatic heterocycles. The normalized spacial score (nSPS) is 13.9. The number of anilines is 3. The summed E-state index contributed by atoms with van der Waals surface area (Å²) in [6.45, 7) is 19.0. The van der Waals surface area contributed by atoms with Crippen molar-refractivity contribution >= 4 is 89.4 Å². The third-order valence-corrected chi connectivity index (χ3v) is 14.7. The van der Waals surface area contributed by atoms with Gasteiger partial charge in [-0.15, -0.1) is 20.8 Å². The molecule has 424 valence electrons. The highest BCUT2D eigenvalue weighted by Crippen LogP contribution is 2.33. The van der Waals surface area contributed by atoms with E-state index in [4.69, 9.17) is 10.5 Å². The van der Waals surface area contributed by atoms with Crippen LogP contribution >= 0.6 is 12.4 Å². The zero-order valence-electron chi connectivity index (χ0n) is 46.1. The van der Waals surface area contributed by atoms with E-state index in [1.807, 2.05) is 48.5 Å². The van der Waals surface area contributed by atoms with Crippen molar-refractivity contribution in [2.24, 2.45) is 5.73 Å². The Morgan fingerprint density at radius 3 is 1.56 bits per heavy atom. The number of carbonyl (C=O) groups is 3. The molecule has 5 heterocycles. The summed E-state index contributed by atoms with van der Waals surface area (Å²) in [4.78, 5) is 55.0. The fourth-order valence-electron chi connectivity index (χ4n) is 8.60. The number of benzene rings is 2. The number of aromatic nitrogens is 3. The van der Waals surface area contributed by atoms with Crippen LogP contribution in [0.15, 0.2) is 61.2 Å². The predicted molar refractivity (Wildman–Crippen MR) is 302 cm³/mol. The van der Waals surface area contributed by atoms with E-state index in [0.717, 1.165) is 92.7 Å². The number of sulfonamides is 1. The number of ether oxygens (including phenoxy) is 1. The highest BCUT2D eigenvalue weighted by atomic mass is 35.5. The Labute approximate surface area is 471 Å². The van der Waals surface area contributed by atoms with Gasteiger partial charge >= 0.3 is 16.3 Å². The minimum atomic E-state index is -4.00. The quantitative estimate of drug-likeness (QED) is 0.159. The van der Waals surface area contributed by atoms with E-state index < -0.39 is 31.9 Å². The van der Waals surface area contributed by atoms with Gasteiger partial charge in [0, 0.05) is 133 Å². The number of amides is 3. The first-order chi connectivity index (χ1) is 35.7. The van der Waals surface area contributed by atoms with Gasteiger partial charge in [-0.25, -0.2) is 17.9 Å². The summed E-state index contributed by atoms with van der Waals surface area (Å²) in [7, 11) is -3.62. The molecule has 5 aromatic rings. The van der Waals surface area contributed by atoms with Crippen LogP contribution in [-0.2, 0) is 34.6 Å². The summed E-state index contributed by atoms with van der Waals surface area (Å²) in [6.07, 6.45) is 8.21. The van der Waals surface area contributed by atoms with Gasteiger partial charge in [0.05, 0.1) is 39.8 Å². The topological polar surface area (TPSA) is 272 Å². The lowest BCUT2D eigenvalue weighted by Gasteiger charge is -2.26. The molecule has 0 saturated carbocycles. The molecule has 2 saturated heterocycles. The second-order valence-corrected chi connectivity index (χ2v) is 23.4. The van der Waals surface area contributed by atoms with Crippen molar-refractivity contribution in [3.63, 3.8) is 0 Å². The number of nitrogens with two attached hydrogens (primary N) is 1. The first-order valence-corrected chi connectivity index (χ1v) is 28.3. The third kappa shape index (κ3) is 18.2. The monoisotopic (exact) mass is 1150 g/mol. The van der Waals surface area contributed by atoms with Crippen LogP contribution in [0.3, 0.4) is 0 Å². The fraction of sp³-hybridized carbons (Fsp3) is 0.472. The van der Waals surface area contributed by atoms with Gasteiger partial charge in [0.25, 0.3) is 0 Å². The number of fused-ring (bicyclic) bond motifs is 2. The highest BCUT2D eigenvalue weighted by molar-refractivity contribution is 7.88. The van der Waals surface area contributed by atoms with Gasteiger partial charge in [0.15, 0.2) is 12.4 Å². The van der Waals surface area contributed by atoms with E-state index in [2.05, 4.69) is 68.7 Å². The molecule has 0 atom stereocenters. The van der Waals surface area contributed by atoms with Crippen molar-refractivity contribution in [1.82, 2.24) is 29.2 Å². The second-order valence-electron chi connectivity index (χ2n) is 20.0. The molecular weight excluding hydrogens is 1080 g/mol. The number of nitriles is 2. The van der Waals surface area contributed by atoms with E-state index in [1.54, 1.807) is 50.2 Å². The number of pyridine rings is 3. The maximum absolute atomic E-state index is 12.5. The van der Waals surface area contributed by atoms with Crippen molar-refractivity contribution in [2.45, 2.75) is 79.8 Å². The summed E-state index contributed by atoms with van der Waals surface area (Å²) in [5.41, 5.74) is 15.0. The van der Waals surface area contributed by atoms with Gasteiger partial charge in [-0.05, 0) is 108 Å². The molecule has 2 aromatic carbocycles. The minimum absolute atomic E-state index is 0. The van der Waals surface area contributed by atoms with Crippen LogP contribution in [0.1, 0.15) is 79.8 Å². The minimum Gasteiger partial charge on any atom is -1.00 e. The van der Waals surface area contributed by atoms with Crippen LogP contribution in [0.2, 0.25) is 0 Å². The van der Waals surface area contributed by atoms with Gasteiger partial charge in [0.2, 0.25) is 21.8 Å². The van der Waals surface area contributed by atoms with Crippen LogP contribution in [0.5, 0.6) is 0 Å². The van der Waals surface area contributed by atoms with Gasteiger partial charge in [-0.3, -0.25) is 19.6 Å². The molecule has 0 bridgehead atoms. The van der Waals surface area contributed by atoms with Crippen molar-refractivity contribution in [1.29, 1.82) is 10.5 Å². The number of rotatable bonds is 11. The number of nitrogens with zero attached hydrogens (tertiary/aromatic N) is 10. The Balaban J connectivity index is 0.000000310. The van der Waals surface area contributed by atoms with E-state index in [9.17, 15) is 41.7 Å². The largest absolute Gasteiger partial charge is 1.00 e. The summed E-state index contributed by atoms with van der Waals surface area (Å²) < 4.78 is 56.3. The molecule has 0 unspecified atom stereocenters. The summed E-state index contributed by atoms with van der Waals surface area (Å²) in [6, 6.07) is 16.1. The van der Waals surface area contributed by atoms with Gasteiger partial charge in [0.1, 0.15) is 17.7 Å². The predicted octanol–water partition coefficient (Wildman–Crippen LogP) is 1.90. The Morgan fingerprint density at radius 1 is 0.731 bits per heavy atom. The molecule has 0 aliphatic carbocycles. The fourth-order valence-corrected chi connectivity index (χ4v) is 9.88. The molecular formula is C53H73Cl2N13O8S2. The maximum Gasteiger partial charge on any atom is 0.474 e. The van der Waals surface area contributed by atoms with Crippen molar-refractivity contribution in [2.75, 3.05) is 100 Å². The Bertz CT molecular complexity index is 3240. The maximum atomic E-state index is 12.5. The third-order valence-electron chi connectivity index (χ3n) is 12.7. The van der Waals surface area contributed by atoms with Crippen molar-refractivity contribution < 1.29 is 52.3 Å². The molecule has 78 heavy (non-hydrogen) atoms. The number of hydrogen-bond acceptors (Lipinski definition) is 16. The lowest BCUT2D eigenvalue weighted by molar-refractivity contribution is -0.512. The van der Waals surface area contributed by atoms with E-state index in [-0.39, 0.29) is 49.6 Å². The Kier molecular flexibility index (Phi) is 24.3. The highest BCUT2D eigenvalue weighted by Gasteiger charge is 2.29. The molecule has 25 heteroatoms. The first kappa shape index (κ1) is 65.7. The molecule has 4 N–H and O–H groups in total. The molecule has 21 nitrogen and oxygen atoms in total. The van der Waals surface area contributed by atoms with E-state index in [1.165, 1.54) is 23.5 Å². The molecule has 3 aromatic heterocycles. The number of nitrogens with one attached hydrogen (secondary N) is 2. The zero-order chi connectivity index (χ0) is 56.1. The number of hydrogen-bond donors (Lipinski definition) is 3. The molecule has 3 amide bonds. The lowest BCUT2D eigenvalue weighted by Crippen LogP contribution is -3.00. The first-order valence-electron chi connectivity index (χ1n) is 25.0. The molecule has 0 spiro atoms. The zero-order valence-corrected chi connectivity index (χ0v) is 49.3. The summed E-state index contributed by atoms with van der Waals surface area (Å²) in [5.74, 6) is 0.0421. The van der Waals surface area contributed by atoms with E-state index >= 15 is 0 Å². The van der Waals surface area contributed by atoms with Crippen molar-refractivity contribution in [3.05, 3.63) is 94.6 Å². The number of carbonyl (C=O) groups excluding carboxylic acids is 3. The summed E-state index contributed by atoms with van der Waals surface area (Å²) in [5, 5.41) is 21.2. The van der Waals surface area contributed by atoms with Crippen LogP contribution in [0, 0.1) is 50.4 Å². The van der Waals surface area contributed by atoms with Crippen LogP contribution < -0.4 is 46.3 Å². The van der Waals surface area contributed by atoms with Crippen LogP contribution in [-0.4, -0.2) is 146 Å². The van der Waals surface area contributed by atoms with Crippen LogP contribution in [0.4, 0.5) is 21.9 Å². The van der Waals surface area contributed by atoms with Crippen molar-refractivity contribution in [3.8, 4) is 12.1 Å². The lowest BCUT2D eigenvalue weighted by atomic mass is 10.0. The van der Waals surface area contributed by atoms with Crippen LogP contribution in [0.25, 0.3) is 21.8 Å². The summed E-state index contributed by atoms with van der Waals surface area (Å²) >= 11 is 0. The average Bonchev–Trinajstić information content (AvgIpc) is 3.75. The second kappa shape index (κ2) is 28.9. The molecule has 0 radical (unpaired) electrons. The number of halogens is 2. The standard InChI is InChI=1S/C21H27N5O3S.C20H25N5O.C12H19N3O4S.2ClH/c1-15-11-18-19(12-16(15)2)23-14-17(13-22)21(18)26-8-4-7-25(9-10-26)20(27)5-6-24-30(3,28)29;1-14-10-17-18(11-15(14)2)23-13-16(12-22)20(17)25-7-3-6-24(8-9-25)19(26)4-5-21;1-12(2,3)19-11(16)13-20(17,18)15-8-6-10(7-9-15)14(4)5;;/h11-12,14,24H,4-10H2,1-3H3;10-11,13H,3-9,21H2,1-2H3;6-9H,1-5H3;2*1H. The smallest absolute Gasteiger partial charge is 0.474 e. The van der Waals surface area contributed by atoms with Gasteiger partial charge in [-0.2, -0.15) is 15.2 Å².